The second-order valence-corrected chi connectivity index (χ2v) is 1.63. The first-order valence-electron chi connectivity index (χ1n) is 3.06. The van der Waals surface area contributed by atoms with Crippen molar-refractivity contribution in [3.63, 3.8) is 0 Å². The number of ether oxygens (including phenoxy) is 1. The van der Waals surface area contributed by atoms with E-state index < -0.39 is 0 Å². The summed E-state index contributed by atoms with van der Waals surface area (Å²) in [6.45, 7) is 2.59. The zero-order chi connectivity index (χ0) is 6.95. The fourth-order valence-corrected chi connectivity index (χ4v) is 0.409. The van der Waals surface area contributed by atoms with Gasteiger partial charge in [0.05, 0.1) is 0 Å². The second kappa shape index (κ2) is 7.32. The first-order valence-corrected chi connectivity index (χ1v) is 3.06. The van der Waals surface area contributed by atoms with Gasteiger partial charge in [-0.1, -0.05) is 5.92 Å². The van der Waals surface area contributed by atoms with E-state index in [4.69, 9.17) is 9.84 Å². The van der Waals surface area contributed by atoms with Crippen LogP contribution in [0.3, 0.4) is 0 Å². The van der Waals surface area contributed by atoms with Crippen LogP contribution in [0.5, 0.6) is 0 Å². The maximum atomic E-state index is 8.33. The molecule has 0 unspecified atom stereocenters. The molecule has 2 nitrogen and oxygen atoms in total. The zero-order valence-corrected chi connectivity index (χ0v) is 5.68. The summed E-state index contributed by atoms with van der Waals surface area (Å²) in [5.41, 5.74) is 0. The van der Waals surface area contributed by atoms with E-state index in [1.807, 2.05) is 0 Å². The van der Waals surface area contributed by atoms with E-state index in [9.17, 15) is 0 Å². The molecular formula is C7H12O2. The molecule has 1 N–H and O–H groups in total. The van der Waals surface area contributed by atoms with Crippen molar-refractivity contribution in [2.24, 2.45) is 0 Å². The smallest absolute Gasteiger partial charge is 0.109 e. The second-order valence-electron chi connectivity index (χ2n) is 1.63. The van der Waals surface area contributed by atoms with Gasteiger partial charge in [-0.2, -0.15) is 0 Å². The summed E-state index contributed by atoms with van der Waals surface area (Å²) in [5, 5.41) is 8.33. The molecule has 0 fully saturated rings. The summed E-state index contributed by atoms with van der Waals surface area (Å²) in [6, 6.07) is 0. The van der Waals surface area contributed by atoms with E-state index in [0.717, 1.165) is 12.8 Å². The largest absolute Gasteiger partial charge is 0.447 e. The van der Waals surface area contributed by atoms with Gasteiger partial charge in [0.15, 0.2) is 0 Å². The first-order chi connectivity index (χ1) is 4.41. The SMILES string of the molecule is CC#COCCCCO. The highest BCUT2D eigenvalue weighted by atomic mass is 16.5. The van der Waals surface area contributed by atoms with Crippen LogP contribution >= 0.6 is 0 Å². The van der Waals surface area contributed by atoms with Gasteiger partial charge in [-0.25, -0.2) is 0 Å². The quantitative estimate of drug-likeness (QED) is 0.447. The molecular weight excluding hydrogens is 116 g/mol. The van der Waals surface area contributed by atoms with Gasteiger partial charge < -0.3 is 9.84 Å². The van der Waals surface area contributed by atoms with E-state index >= 15 is 0 Å². The number of aliphatic hydroxyl groups is 1. The van der Waals surface area contributed by atoms with Crippen LogP contribution in [-0.2, 0) is 4.74 Å². The molecule has 0 aromatic carbocycles. The van der Waals surface area contributed by atoms with Crippen molar-refractivity contribution in [1.29, 1.82) is 0 Å². The van der Waals surface area contributed by atoms with E-state index in [0.29, 0.717) is 6.61 Å². The summed E-state index contributed by atoms with van der Waals surface area (Å²) in [7, 11) is 0. The van der Waals surface area contributed by atoms with Crippen LogP contribution in [0.15, 0.2) is 0 Å². The summed E-state index contributed by atoms with van der Waals surface area (Å²) in [5.74, 6) is 2.61. The number of rotatable bonds is 4. The Kier molecular flexibility index (Phi) is 6.77. The minimum Gasteiger partial charge on any atom is -0.447 e. The highest BCUT2D eigenvalue weighted by Crippen LogP contribution is 1.86. The van der Waals surface area contributed by atoms with Gasteiger partial charge >= 0.3 is 0 Å². The summed E-state index contributed by atoms with van der Waals surface area (Å²) >= 11 is 0. The predicted molar refractivity (Wildman–Crippen MR) is 35.7 cm³/mol. The molecule has 9 heavy (non-hydrogen) atoms. The highest BCUT2D eigenvalue weighted by Gasteiger charge is 1.82. The third kappa shape index (κ3) is 7.32. The molecule has 0 amide bonds. The predicted octanol–water partition coefficient (Wildman–Crippen LogP) is 0.756. The van der Waals surface area contributed by atoms with Gasteiger partial charge in [-0.05, 0) is 12.8 Å². The van der Waals surface area contributed by atoms with Crippen LogP contribution in [-0.4, -0.2) is 18.3 Å². The average molecular weight is 128 g/mol. The summed E-state index contributed by atoms with van der Waals surface area (Å²) < 4.78 is 4.81. The number of unbranched alkanes of at least 4 members (excludes halogenated alkanes) is 1. The molecule has 0 saturated heterocycles. The maximum absolute atomic E-state index is 8.33. The Morgan fingerprint density at radius 2 is 2.22 bits per heavy atom. The number of aliphatic hydroxyl groups excluding tert-OH is 1. The lowest BCUT2D eigenvalue weighted by Gasteiger charge is -1.93. The Morgan fingerprint density at radius 3 is 2.78 bits per heavy atom. The Balaban J connectivity index is 2.80. The standard InChI is InChI=1S/C7H12O2/c1-2-6-9-7-4-3-5-8/h8H,3-5,7H2,1H3. The molecule has 0 spiro atoms. The van der Waals surface area contributed by atoms with Crippen molar-refractivity contribution in [3.05, 3.63) is 0 Å². The lowest BCUT2D eigenvalue weighted by molar-refractivity contribution is 0.235. The van der Waals surface area contributed by atoms with E-state index in [-0.39, 0.29) is 6.61 Å². The average Bonchev–Trinajstić information content (AvgIpc) is 1.89. The van der Waals surface area contributed by atoms with Crippen LogP contribution in [0.1, 0.15) is 19.8 Å². The van der Waals surface area contributed by atoms with Gasteiger partial charge in [-0.15, -0.1) is 0 Å². The first kappa shape index (κ1) is 8.32. The molecule has 0 saturated carbocycles. The number of hydrogen-bond acceptors (Lipinski definition) is 2. The fraction of sp³-hybridized carbons (Fsp3) is 0.714. The zero-order valence-electron chi connectivity index (χ0n) is 5.68. The van der Waals surface area contributed by atoms with Crippen molar-refractivity contribution in [3.8, 4) is 12.0 Å². The molecule has 0 radical (unpaired) electrons. The summed E-state index contributed by atoms with van der Waals surface area (Å²) in [6.07, 6.45) is 4.15. The van der Waals surface area contributed by atoms with Crippen molar-refractivity contribution < 1.29 is 9.84 Å². The monoisotopic (exact) mass is 128 g/mol. The molecule has 2 heteroatoms. The van der Waals surface area contributed by atoms with Crippen molar-refractivity contribution in [2.75, 3.05) is 13.2 Å². The van der Waals surface area contributed by atoms with Crippen molar-refractivity contribution >= 4 is 0 Å². The van der Waals surface area contributed by atoms with Gasteiger partial charge in [0.2, 0.25) is 0 Å². The maximum Gasteiger partial charge on any atom is 0.109 e. The molecule has 0 rings (SSSR count). The highest BCUT2D eigenvalue weighted by molar-refractivity contribution is 4.84. The topological polar surface area (TPSA) is 29.5 Å². The van der Waals surface area contributed by atoms with E-state index in [1.54, 1.807) is 6.92 Å². The van der Waals surface area contributed by atoms with Gasteiger partial charge in [0.25, 0.3) is 0 Å². The normalized spacial score (nSPS) is 7.78. The molecule has 52 valence electrons. The molecule has 0 bridgehead atoms. The molecule has 0 aliphatic heterocycles. The Labute approximate surface area is 55.8 Å². The van der Waals surface area contributed by atoms with Gasteiger partial charge in [-0.3, -0.25) is 0 Å². The van der Waals surface area contributed by atoms with Crippen LogP contribution in [0, 0.1) is 12.0 Å². The van der Waals surface area contributed by atoms with Crippen molar-refractivity contribution in [2.45, 2.75) is 19.8 Å². The third-order valence-electron chi connectivity index (χ3n) is 0.829. The minimum atomic E-state index is 0.239. The van der Waals surface area contributed by atoms with Crippen LogP contribution in [0.4, 0.5) is 0 Å². The van der Waals surface area contributed by atoms with Crippen molar-refractivity contribution in [1.82, 2.24) is 0 Å². The third-order valence-corrected chi connectivity index (χ3v) is 0.829. The summed E-state index contributed by atoms with van der Waals surface area (Å²) in [4.78, 5) is 0. The van der Waals surface area contributed by atoms with Gasteiger partial charge in [0, 0.05) is 13.5 Å². The lowest BCUT2D eigenvalue weighted by atomic mass is 10.3. The van der Waals surface area contributed by atoms with Crippen LogP contribution < -0.4 is 0 Å². The number of hydrogen-bond donors (Lipinski definition) is 1. The van der Waals surface area contributed by atoms with Crippen LogP contribution in [0.2, 0.25) is 0 Å². The molecule has 0 aromatic rings. The Hall–Kier alpha value is -0.680. The Morgan fingerprint density at radius 1 is 1.44 bits per heavy atom. The fourth-order valence-electron chi connectivity index (χ4n) is 0.409. The van der Waals surface area contributed by atoms with E-state index in [1.165, 1.54) is 0 Å². The van der Waals surface area contributed by atoms with E-state index in [2.05, 4.69) is 12.0 Å². The molecule has 0 heterocycles. The van der Waals surface area contributed by atoms with Crippen LogP contribution in [0.25, 0.3) is 0 Å². The molecule has 0 aliphatic carbocycles. The molecule has 0 atom stereocenters. The molecule has 0 aromatic heterocycles. The lowest BCUT2D eigenvalue weighted by Crippen LogP contribution is -1.90. The minimum absolute atomic E-state index is 0.239. The molecule has 0 aliphatic rings. The van der Waals surface area contributed by atoms with Gasteiger partial charge in [0.1, 0.15) is 12.7 Å². The Bertz CT molecular complexity index is 99.2.